The third-order valence-electron chi connectivity index (χ3n) is 5.90. The molecule has 32 heavy (non-hydrogen) atoms. The number of Topliss-reactive ketones (excluding diaryl/α,β-unsaturated/α-hetero) is 1. The van der Waals surface area contributed by atoms with E-state index in [4.69, 9.17) is 23.7 Å². The molecule has 0 N–H and O–H groups in total. The van der Waals surface area contributed by atoms with Crippen LogP contribution >= 0.6 is 0 Å². The predicted octanol–water partition coefficient (Wildman–Crippen LogP) is 3.92. The van der Waals surface area contributed by atoms with Gasteiger partial charge in [0.2, 0.25) is 5.75 Å². The number of carbonyl (C=O) groups is 1. The van der Waals surface area contributed by atoms with Crippen molar-refractivity contribution >= 4 is 17.5 Å². The predicted molar refractivity (Wildman–Crippen MR) is 113 cm³/mol. The normalized spacial score (nSPS) is 21.6. The molecule has 2 atom stereocenters. The first-order valence-electron chi connectivity index (χ1n) is 10.1. The fourth-order valence-corrected chi connectivity index (χ4v) is 4.38. The van der Waals surface area contributed by atoms with Crippen LogP contribution in [0.15, 0.2) is 24.3 Å². The van der Waals surface area contributed by atoms with Crippen molar-refractivity contribution in [2.75, 3.05) is 20.8 Å². The van der Waals surface area contributed by atoms with Crippen LogP contribution in [0.1, 0.15) is 41.3 Å². The van der Waals surface area contributed by atoms with Crippen LogP contribution in [0.25, 0.3) is 6.08 Å². The Morgan fingerprint density at radius 3 is 2.53 bits per heavy atom. The summed E-state index contributed by atoms with van der Waals surface area (Å²) in [7, 11) is 3.02. The largest absolute Gasteiger partial charge is 0.493 e. The molecule has 0 saturated carbocycles. The molecule has 3 heterocycles. The zero-order valence-electron chi connectivity index (χ0n) is 18.0. The summed E-state index contributed by atoms with van der Waals surface area (Å²) in [6.45, 7) is 3.73. The Bertz CT molecular complexity index is 1200. The smallest absolute Gasteiger partial charge is 0.312 e. The first kappa shape index (κ1) is 20.2. The highest BCUT2D eigenvalue weighted by Crippen LogP contribution is 2.52. The van der Waals surface area contributed by atoms with Crippen LogP contribution < -0.4 is 23.7 Å². The summed E-state index contributed by atoms with van der Waals surface area (Å²) in [6, 6.07) is 4.61. The van der Waals surface area contributed by atoms with Gasteiger partial charge >= 0.3 is 5.69 Å². The van der Waals surface area contributed by atoms with Crippen molar-refractivity contribution in [2.45, 2.75) is 31.5 Å². The Kier molecular flexibility index (Phi) is 4.34. The number of ketones is 1. The third-order valence-corrected chi connectivity index (χ3v) is 5.90. The molecular formula is C23H21NO8. The lowest BCUT2D eigenvalue weighted by atomic mass is 9.81. The molecule has 0 saturated heterocycles. The number of ether oxygens (including phenoxy) is 5. The van der Waals surface area contributed by atoms with Gasteiger partial charge in [-0.2, -0.15) is 0 Å². The topological polar surface area (TPSA) is 106 Å². The zero-order valence-corrected chi connectivity index (χ0v) is 18.0. The number of hydrogen-bond acceptors (Lipinski definition) is 8. The second-order valence-corrected chi connectivity index (χ2v) is 8.37. The number of methoxy groups -OCH3 is 2. The number of hydrogen-bond donors (Lipinski definition) is 0. The molecule has 5 rings (SSSR count). The van der Waals surface area contributed by atoms with Crippen molar-refractivity contribution in [2.24, 2.45) is 0 Å². The van der Waals surface area contributed by atoms with E-state index in [9.17, 15) is 14.9 Å². The number of fused-ring (bicyclic) bond motifs is 6. The summed E-state index contributed by atoms with van der Waals surface area (Å²) >= 11 is 0. The van der Waals surface area contributed by atoms with Crippen molar-refractivity contribution in [1.82, 2.24) is 0 Å². The summed E-state index contributed by atoms with van der Waals surface area (Å²) in [5.74, 6) is 0.799. The fraction of sp³-hybridized carbons (Fsp3) is 0.348. The molecule has 2 aromatic carbocycles. The van der Waals surface area contributed by atoms with E-state index in [1.54, 1.807) is 38.1 Å². The highest BCUT2D eigenvalue weighted by Gasteiger charge is 2.46. The summed E-state index contributed by atoms with van der Waals surface area (Å²) in [6.07, 6.45) is 2.89. The van der Waals surface area contributed by atoms with Gasteiger partial charge < -0.3 is 23.7 Å². The van der Waals surface area contributed by atoms with Crippen LogP contribution in [-0.2, 0) is 0 Å². The Hall–Kier alpha value is -3.75. The number of carbonyl (C=O) groups excluding carboxylic acids is 1. The highest BCUT2D eigenvalue weighted by molar-refractivity contribution is 6.07. The third kappa shape index (κ3) is 2.88. The summed E-state index contributed by atoms with van der Waals surface area (Å²) in [5, 5.41) is 11.8. The van der Waals surface area contributed by atoms with Gasteiger partial charge in [-0.15, -0.1) is 0 Å². The van der Waals surface area contributed by atoms with E-state index in [0.717, 1.165) is 0 Å². The van der Waals surface area contributed by atoms with Gasteiger partial charge in [-0.05, 0) is 32.1 Å². The summed E-state index contributed by atoms with van der Waals surface area (Å²) < 4.78 is 28.7. The average Bonchev–Trinajstić information content (AvgIpc) is 2.76. The van der Waals surface area contributed by atoms with E-state index in [2.05, 4.69) is 0 Å². The fourth-order valence-electron chi connectivity index (χ4n) is 4.38. The zero-order chi connectivity index (χ0) is 22.8. The monoisotopic (exact) mass is 439 g/mol. The standard InChI is InChI=1S/C23H21NO8/c1-23(2)6-5-11-21-13(7-14(24(26)27)22(11)32-23)20(25)19-12-8-16(28-3)17(29-4)9-15(12)30-10-18(19)31-21/h5-9,18-19H,10H2,1-4H3/t18-,19+/m1/s1. The van der Waals surface area contributed by atoms with Gasteiger partial charge in [0.15, 0.2) is 17.3 Å². The van der Waals surface area contributed by atoms with Crippen molar-refractivity contribution in [1.29, 1.82) is 0 Å². The number of nitro benzene ring substituents is 1. The minimum absolute atomic E-state index is 0.0935. The number of benzene rings is 2. The molecule has 0 spiro atoms. The maximum atomic E-state index is 13.7. The Labute approximate surface area is 183 Å². The van der Waals surface area contributed by atoms with Crippen LogP contribution in [-0.4, -0.2) is 43.2 Å². The van der Waals surface area contributed by atoms with Crippen molar-refractivity contribution in [3.8, 4) is 28.7 Å². The molecule has 2 aromatic rings. The first-order chi connectivity index (χ1) is 15.2. The van der Waals surface area contributed by atoms with Crippen molar-refractivity contribution in [3.05, 3.63) is 51.1 Å². The molecule has 0 aromatic heterocycles. The van der Waals surface area contributed by atoms with Gasteiger partial charge in [-0.3, -0.25) is 14.9 Å². The molecule has 0 bridgehead atoms. The second kappa shape index (κ2) is 6.88. The van der Waals surface area contributed by atoms with Crippen molar-refractivity contribution in [3.63, 3.8) is 0 Å². The highest BCUT2D eigenvalue weighted by atomic mass is 16.6. The van der Waals surface area contributed by atoms with Crippen LogP contribution in [0.5, 0.6) is 28.7 Å². The Balaban J connectivity index is 1.68. The van der Waals surface area contributed by atoms with E-state index in [1.165, 1.54) is 20.3 Å². The van der Waals surface area contributed by atoms with Crippen LogP contribution in [0.4, 0.5) is 5.69 Å². The van der Waals surface area contributed by atoms with Crippen LogP contribution in [0, 0.1) is 10.1 Å². The van der Waals surface area contributed by atoms with Gasteiger partial charge in [-0.25, -0.2) is 0 Å². The number of rotatable bonds is 3. The van der Waals surface area contributed by atoms with E-state index in [1.807, 2.05) is 0 Å². The van der Waals surface area contributed by atoms with E-state index in [0.29, 0.717) is 28.4 Å². The molecule has 0 radical (unpaired) electrons. The SMILES string of the molecule is COc1cc2c(cc1OC)[C@@H]1C(=O)c3cc([N+](=O)[O-])c4c(c3O[C@@H]1CO2)C=CC(C)(C)O4. The number of nitro groups is 1. The molecular weight excluding hydrogens is 418 g/mol. The maximum absolute atomic E-state index is 13.7. The van der Waals surface area contributed by atoms with Gasteiger partial charge in [0.25, 0.3) is 0 Å². The quantitative estimate of drug-likeness (QED) is 0.523. The van der Waals surface area contributed by atoms with E-state index in [-0.39, 0.29) is 35.1 Å². The molecule has 3 aliphatic heterocycles. The summed E-state index contributed by atoms with van der Waals surface area (Å²) in [4.78, 5) is 24.9. The lowest BCUT2D eigenvalue weighted by molar-refractivity contribution is -0.386. The molecule has 0 unspecified atom stereocenters. The molecule has 0 amide bonds. The van der Waals surface area contributed by atoms with E-state index >= 15 is 0 Å². The molecule has 9 heteroatoms. The molecule has 3 aliphatic rings. The van der Waals surface area contributed by atoms with Gasteiger partial charge in [0.05, 0.1) is 36.2 Å². The lowest BCUT2D eigenvalue weighted by Gasteiger charge is -2.38. The second-order valence-electron chi connectivity index (χ2n) is 8.37. The minimum atomic E-state index is -0.726. The van der Waals surface area contributed by atoms with E-state index < -0.39 is 22.5 Å². The van der Waals surface area contributed by atoms with Gasteiger partial charge in [-0.1, -0.05) is 0 Å². The van der Waals surface area contributed by atoms with Crippen molar-refractivity contribution < 1.29 is 33.4 Å². The molecule has 9 nitrogen and oxygen atoms in total. The maximum Gasteiger partial charge on any atom is 0.312 e. The first-order valence-corrected chi connectivity index (χ1v) is 10.1. The molecule has 0 fully saturated rings. The molecule has 166 valence electrons. The Morgan fingerprint density at radius 2 is 1.84 bits per heavy atom. The molecule has 0 aliphatic carbocycles. The Morgan fingerprint density at radius 1 is 1.12 bits per heavy atom. The van der Waals surface area contributed by atoms with Gasteiger partial charge in [0, 0.05) is 17.7 Å². The lowest BCUT2D eigenvalue weighted by Crippen LogP contribution is -2.43. The minimum Gasteiger partial charge on any atom is -0.493 e. The van der Waals surface area contributed by atoms with Crippen LogP contribution in [0.2, 0.25) is 0 Å². The average molecular weight is 439 g/mol. The summed E-state index contributed by atoms with van der Waals surface area (Å²) in [5.41, 5.74) is 0.121. The number of nitrogens with zero attached hydrogens (tertiary/aromatic N) is 1. The van der Waals surface area contributed by atoms with Crippen LogP contribution in [0.3, 0.4) is 0 Å². The van der Waals surface area contributed by atoms with Gasteiger partial charge in [0.1, 0.15) is 29.8 Å².